The van der Waals surface area contributed by atoms with Crippen LogP contribution in [0.4, 0.5) is 0 Å². The van der Waals surface area contributed by atoms with Gasteiger partial charge in [0.1, 0.15) is 0 Å². The molecule has 2 nitrogen and oxygen atoms in total. The van der Waals surface area contributed by atoms with Gasteiger partial charge < -0.3 is 4.57 Å². The zero-order valence-corrected chi connectivity index (χ0v) is 11.4. The Morgan fingerprint density at radius 2 is 1.74 bits per heavy atom. The quantitative estimate of drug-likeness (QED) is 0.765. The molecule has 96 valence electrons. The highest BCUT2D eigenvalue weighted by Crippen LogP contribution is 2.20. The molecule has 2 aromatic rings. The third-order valence-corrected chi connectivity index (χ3v) is 2.96. The number of pyridine rings is 1. The van der Waals surface area contributed by atoms with Gasteiger partial charge in [0.25, 0.3) is 5.56 Å². The predicted octanol–water partition coefficient (Wildman–Crippen LogP) is 3.58. The van der Waals surface area contributed by atoms with Gasteiger partial charge in [0.15, 0.2) is 0 Å². The van der Waals surface area contributed by atoms with Crippen LogP contribution in [-0.2, 0) is 6.54 Å². The normalized spacial score (nSPS) is 9.79. The second-order valence-corrected chi connectivity index (χ2v) is 4.53. The third-order valence-electron chi connectivity index (χ3n) is 2.71. The number of hydrogen-bond acceptors (Lipinski definition) is 1. The van der Waals surface area contributed by atoms with Crippen LogP contribution in [0.2, 0.25) is 5.02 Å². The summed E-state index contributed by atoms with van der Waals surface area (Å²) in [4.78, 5) is 11.7. The topological polar surface area (TPSA) is 22.0 Å². The molecule has 0 saturated heterocycles. The zero-order chi connectivity index (χ0) is 13.7. The Morgan fingerprint density at radius 1 is 1.05 bits per heavy atom. The molecule has 19 heavy (non-hydrogen) atoms. The van der Waals surface area contributed by atoms with Crippen molar-refractivity contribution in [1.29, 1.82) is 0 Å². The lowest BCUT2D eigenvalue weighted by Gasteiger charge is -2.05. The predicted molar refractivity (Wildman–Crippen MR) is 79.2 cm³/mol. The maximum Gasteiger partial charge on any atom is 0.251 e. The van der Waals surface area contributed by atoms with Crippen LogP contribution in [-0.4, -0.2) is 4.57 Å². The van der Waals surface area contributed by atoms with Gasteiger partial charge >= 0.3 is 0 Å². The molecule has 1 aromatic carbocycles. The molecule has 0 amide bonds. The summed E-state index contributed by atoms with van der Waals surface area (Å²) in [6.45, 7) is 2.41. The molecule has 3 heteroatoms. The molecule has 0 spiro atoms. The zero-order valence-electron chi connectivity index (χ0n) is 10.7. The van der Waals surface area contributed by atoms with E-state index in [0.29, 0.717) is 11.6 Å². The highest BCUT2D eigenvalue weighted by molar-refractivity contribution is 6.30. The van der Waals surface area contributed by atoms with E-state index in [1.165, 1.54) is 0 Å². The van der Waals surface area contributed by atoms with Gasteiger partial charge in [0, 0.05) is 23.7 Å². The lowest BCUT2D eigenvalue weighted by atomic mass is 10.1. The maximum atomic E-state index is 11.7. The van der Waals surface area contributed by atoms with Gasteiger partial charge in [-0.1, -0.05) is 36.6 Å². The molecule has 0 N–H and O–H groups in total. The molecule has 0 unspecified atom stereocenters. The van der Waals surface area contributed by atoms with Crippen LogP contribution >= 0.6 is 11.6 Å². The third kappa shape index (κ3) is 3.49. The van der Waals surface area contributed by atoms with Gasteiger partial charge in [0.2, 0.25) is 0 Å². The average molecular weight is 272 g/mol. The molecule has 1 aromatic heterocycles. The summed E-state index contributed by atoms with van der Waals surface area (Å²) in [6.07, 6.45) is 2.63. The number of rotatable bonds is 2. The van der Waals surface area contributed by atoms with Crippen LogP contribution in [0.15, 0.2) is 47.4 Å². The summed E-state index contributed by atoms with van der Waals surface area (Å²) in [7, 11) is 0. The van der Waals surface area contributed by atoms with Gasteiger partial charge in [-0.05, 0) is 29.3 Å². The summed E-state index contributed by atoms with van der Waals surface area (Å²) in [5.74, 6) is 5.94. The largest absolute Gasteiger partial charge is 0.303 e. The van der Waals surface area contributed by atoms with Crippen molar-refractivity contribution in [3.63, 3.8) is 0 Å². The molecular formula is C16H14ClNO. The lowest BCUT2D eigenvalue weighted by Crippen LogP contribution is -2.17. The van der Waals surface area contributed by atoms with E-state index in [1.54, 1.807) is 10.6 Å². The molecule has 0 fully saturated rings. The van der Waals surface area contributed by atoms with Crippen LogP contribution in [0.5, 0.6) is 0 Å². The van der Waals surface area contributed by atoms with Crippen molar-refractivity contribution < 1.29 is 0 Å². The molecule has 0 aliphatic rings. The Labute approximate surface area is 117 Å². The van der Waals surface area contributed by atoms with E-state index in [4.69, 9.17) is 11.6 Å². The highest BCUT2D eigenvalue weighted by atomic mass is 35.5. The maximum absolute atomic E-state index is 11.7. The lowest BCUT2D eigenvalue weighted by molar-refractivity contribution is 0.797. The van der Waals surface area contributed by atoms with E-state index in [-0.39, 0.29) is 5.56 Å². The summed E-state index contributed by atoms with van der Waals surface area (Å²) >= 11 is 5.87. The van der Waals surface area contributed by atoms with E-state index >= 15 is 0 Å². The first-order valence-corrected chi connectivity index (χ1v) is 6.50. The SMILES string of the molecule is CCC#CCn1cc(-c2ccc(Cl)cc2)ccc1=O. The summed E-state index contributed by atoms with van der Waals surface area (Å²) < 4.78 is 1.62. The number of benzene rings is 1. The number of aromatic nitrogens is 1. The molecule has 0 saturated carbocycles. The van der Waals surface area contributed by atoms with E-state index in [0.717, 1.165) is 17.5 Å². The first-order valence-electron chi connectivity index (χ1n) is 6.13. The first kappa shape index (κ1) is 13.5. The summed E-state index contributed by atoms with van der Waals surface area (Å²) in [5, 5.41) is 0.700. The standard InChI is InChI=1S/C16H14ClNO/c1-2-3-4-11-18-12-14(7-10-16(18)19)13-5-8-15(17)9-6-13/h5-10,12H,2,11H2,1H3. The number of nitrogens with zero attached hydrogens (tertiary/aromatic N) is 1. The fourth-order valence-corrected chi connectivity index (χ4v) is 1.86. The first-order chi connectivity index (χ1) is 9.20. The second kappa shape index (κ2) is 6.26. The van der Waals surface area contributed by atoms with Crippen molar-refractivity contribution in [3.8, 4) is 23.0 Å². The van der Waals surface area contributed by atoms with Crippen LogP contribution in [0.25, 0.3) is 11.1 Å². The van der Waals surface area contributed by atoms with Crippen molar-refractivity contribution in [2.45, 2.75) is 19.9 Å². The Balaban J connectivity index is 2.35. The van der Waals surface area contributed by atoms with Crippen molar-refractivity contribution in [2.75, 3.05) is 0 Å². The molecule has 2 rings (SSSR count). The molecular weight excluding hydrogens is 258 g/mol. The van der Waals surface area contributed by atoms with Gasteiger partial charge in [-0.2, -0.15) is 0 Å². The van der Waals surface area contributed by atoms with Crippen molar-refractivity contribution in [1.82, 2.24) is 4.57 Å². The molecule has 0 aliphatic carbocycles. The smallest absolute Gasteiger partial charge is 0.251 e. The van der Waals surface area contributed by atoms with Gasteiger partial charge in [-0.3, -0.25) is 4.79 Å². The summed E-state index contributed by atoms with van der Waals surface area (Å²) in [5.41, 5.74) is 1.97. The molecule has 0 bridgehead atoms. The van der Waals surface area contributed by atoms with Gasteiger partial charge in [-0.25, -0.2) is 0 Å². The monoisotopic (exact) mass is 271 g/mol. The van der Waals surface area contributed by atoms with Crippen molar-refractivity contribution >= 4 is 11.6 Å². The second-order valence-electron chi connectivity index (χ2n) is 4.10. The minimum absolute atomic E-state index is 0.0388. The molecule has 0 atom stereocenters. The van der Waals surface area contributed by atoms with E-state index in [1.807, 2.05) is 43.5 Å². The minimum Gasteiger partial charge on any atom is -0.303 e. The van der Waals surface area contributed by atoms with E-state index < -0.39 is 0 Å². The minimum atomic E-state index is -0.0388. The number of halogens is 1. The fraction of sp³-hybridized carbons (Fsp3) is 0.188. The summed E-state index contributed by atoms with van der Waals surface area (Å²) in [6, 6.07) is 10.9. The van der Waals surface area contributed by atoms with Crippen molar-refractivity contribution in [2.24, 2.45) is 0 Å². The van der Waals surface area contributed by atoms with Gasteiger partial charge in [-0.15, -0.1) is 5.92 Å². The average Bonchev–Trinajstić information content (AvgIpc) is 2.42. The Kier molecular flexibility index (Phi) is 4.43. The Hall–Kier alpha value is -1.98. The molecule has 0 radical (unpaired) electrons. The van der Waals surface area contributed by atoms with Crippen LogP contribution in [0.1, 0.15) is 13.3 Å². The molecule has 0 aliphatic heterocycles. The van der Waals surface area contributed by atoms with Crippen LogP contribution in [0.3, 0.4) is 0 Å². The Morgan fingerprint density at radius 3 is 2.42 bits per heavy atom. The van der Waals surface area contributed by atoms with Crippen LogP contribution < -0.4 is 5.56 Å². The highest BCUT2D eigenvalue weighted by Gasteiger charge is 2.00. The van der Waals surface area contributed by atoms with Gasteiger partial charge in [0.05, 0.1) is 6.54 Å². The van der Waals surface area contributed by atoms with E-state index in [9.17, 15) is 4.79 Å². The number of hydrogen-bond donors (Lipinski definition) is 0. The molecule has 1 heterocycles. The Bertz CT molecular complexity index is 674. The van der Waals surface area contributed by atoms with Crippen molar-refractivity contribution in [3.05, 3.63) is 58.0 Å². The van der Waals surface area contributed by atoms with Crippen LogP contribution in [0, 0.1) is 11.8 Å². The fourth-order valence-electron chi connectivity index (χ4n) is 1.73. The van der Waals surface area contributed by atoms with E-state index in [2.05, 4.69) is 11.8 Å².